The second-order valence-electron chi connectivity index (χ2n) is 6.05. The van der Waals surface area contributed by atoms with Gasteiger partial charge in [-0.2, -0.15) is 5.01 Å². The standard InChI is InChI=1S/C17H18N5O2/c1-2-5-13-16(23)14(12-6-3-7-18-10-12)15-17(22(13)24)21-9-4-8-20(21)11-19-15/h3-4,6-8,10-11,13-14H,2,5,9H2,1H3/q+1. The number of Topliss-reactive ketones (excluding diaryl/α,β-unsaturated/α-hetero) is 1. The summed E-state index contributed by atoms with van der Waals surface area (Å²) in [5.74, 6) is -0.180. The van der Waals surface area contributed by atoms with Crippen LogP contribution in [0.4, 0.5) is 0 Å². The fourth-order valence-electron chi connectivity index (χ4n) is 3.46. The molecule has 3 aliphatic heterocycles. The van der Waals surface area contributed by atoms with Crippen LogP contribution in [0.25, 0.3) is 0 Å². The van der Waals surface area contributed by atoms with Crippen molar-refractivity contribution in [3.05, 3.63) is 58.8 Å². The number of pyridine rings is 1. The lowest BCUT2D eigenvalue weighted by molar-refractivity contribution is -0.550. The molecular weight excluding hydrogens is 306 g/mol. The molecule has 0 aliphatic carbocycles. The predicted molar refractivity (Wildman–Crippen MR) is 87.5 cm³/mol. The van der Waals surface area contributed by atoms with E-state index in [1.54, 1.807) is 29.8 Å². The molecule has 0 saturated carbocycles. The molecule has 0 bridgehead atoms. The van der Waals surface area contributed by atoms with Gasteiger partial charge in [-0.3, -0.25) is 9.78 Å². The van der Waals surface area contributed by atoms with Crippen LogP contribution >= 0.6 is 0 Å². The molecule has 24 heavy (non-hydrogen) atoms. The quantitative estimate of drug-likeness (QED) is 0.795. The predicted octanol–water partition coefficient (Wildman–Crippen LogP) is 1.95. The van der Waals surface area contributed by atoms with Crippen LogP contribution in [0.1, 0.15) is 31.2 Å². The van der Waals surface area contributed by atoms with Gasteiger partial charge in [0, 0.05) is 18.6 Å². The van der Waals surface area contributed by atoms with E-state index < -0.39 is 12.0 Å². The number of hydrogen-bond donors (Lipinski definition) is 0. The summed E-state index contributed by atoms with van der Waals surface area (Å²) >= 11 is 0. The van der Waals surface area contributed by atoms with Crippen molar-refractivity contribution in [2.75, 3.05) is 6.54 Å². The minimum atomic E-state index is -0.685. The smallest absolute Gasteiger partial charge is 0.294 e. The maximum Gasteiger partial charge on any atom is 0.363 e. The normalized spacial score (nSPS) is 25.4. The average molecular weight is 324 g/mol. The molecule has 3 aliphatic rings. The zero-order chi connectivity index (χ0) is 16.7. The second-order valence-corrected chi connectivity index (χ2v) is 6.05. The Labute approximate surface area is 139 Å². The first-order chi connectivity index (χ1) is 11.7. The van der Waals surface area contributed by atoms with Gasteiger partial charge in [0.1, 0.15) is 12.9 Å². The first-order valence-electron chi connectivity index (χ1n) is 8.13. The van der Waals surface area contributed by atoms with Crippen molar-refractivity contribution in [3.8, 4) is 0 Å². The number of rotatable bonds is 3. The molecule has 0 saturated heterocycles. The summed E-state index contributed by atoms with van der Waals surface area (Å²) in [6.45, 7) is 2.57. The van der Waals surface area contributed by atoms with E-state index in [1.165, 1.54) is 0 Å². The maximum atomic E-state index is 13.0. The van der Waals surface area contributed by atoms with Crippen LogP contribution < -0.4 is 0 Å². The van der Waals surface area contributed by atoms with E-state index >= 15 is 0 Å². The minimum absolute atomic E-state index is 0.101. The molecule has 0 aromatic carbocycles. The highest BCUT2D eigenvalue weighted by molar-refractivity contribution is 5.93. The van der Waals surface area contributed by atoms with Gasteiger partial charge in [0.2, 0.25) is 6.04 Å². The van der Waals surface area contributed by atoms with Crippen LogP contribution in [0.3, 0.4) is 0 Å². The SMILES string of the molecule is CCCC1C(=O)C(c2cccnc2)C2=C(N3CC=CN3C=N2)[N+]1=O. The third-order valence-corrected chi connectivity index (χ3v) is 4.56. The Hall–Kier alpha value is -2.83. The Kier molecular flexibility index (Phi) is 3.48. The highest BCUT2D eigenvalue weighted by atomic mass is 16.3. The first kappa shape index (κ1) is 14.7. The van der Waals surface area contributed by atoms with Gasteiger partial charge < -0.3 is 0 Å². The van der Waals surface area contributed by atoms with Crippen LogP contribution in [0.2, 0.25) is 0 Å². The molecule has 1 aromatic rings. The number of nitroso groups, excluding NO2 is 1. The summed E-state index contributed by atoms with van der Waals surface area (Å²) in [5, 5.41) is 3.64. The van der Waals surface area contributed by atoms with Gasteiger partial charge in [-0.15, -0.1) is 5.01 Å². The Bertz CT molecular complexity index is 783. The molecule has 0 fully saturated rings. The van der Waals surface area contributed by atoms with Gasteiger partial charge >= 0.3 is 5.82 Å². The number of carbonyl (C=O) groups excluding carboxylic acids is 1. The highest BCUT2D eigenvalue weighted by Gasteiger charge is 2.52. The lowest BCUT2D eigenvalue weighted by atomic mass is 9.84. The van der Waals surface area contributed by atoms with Gasteiger partial charge in [-0.05, 0) is 28.9 Å². The maximum absolute atomic E-state index is 13.0. The fourth-order valence-corrected chi connectivity index (χ4v) is 3.46. The van der Waals surface area contributed by atoms with Gasteiger partial charge in [-0.1, -0.05) is 24.3 Å². The molecule has 0 radical (unpaired) electrons. The highest BCUT2D eigenvalue weighted by Crippen LogP contribution is 2.39. The van der Waals surface area contributed by atoms with Gasteiger partial charge in [-0.25, -0.2) is 4.99 Å². The monoisotopic (exact) mass is 324 g/mol. The fraction of sp³-hybridized carbons (Fsp3) is 0.353. The van der Waals surface area contributed by atoms with Crippen molar-refractivity contribution in [2.24, 2.45) is 4.99 Å². The topological polar surface area (TPSA) is 68.9 Å². The molecule has 4 rings (SSSR count). The molecule has 122 valence electrons. The van der Waals surface area contributed by atoms with Crippen LogP contribution in [-0.4, -0.2) is 44.5 Å². The molecule has 0 amide bonds. The van der Waals surface area contributed by atoms with Crippen molar-refractivity contribution in [3.63, 3.8) is 0 Å². The average Bonchev–Trinajstić information content (AvgIpc) is 3.08. The third kappa shape index (κ3) is 2.08. The molecule has 2 unspecified atom stereocenters. The molecule has 4 heterocycles. The molecule has 7 heteroatoms. The lowest BCUT2D eigenvalue weighted by Crippen LogP contribution is -2.50. The molecule has 0 spiro atoms. The molecule has 7 nitrogen and oxygen atoms in total. The van der Waals surface area contributed by atoms with E-state index in [1.807, 2.05) is 30.3 Å². The van der Waals surface area contributed by atoms with E-state index in [-0.39, 0.29) is 5.78 Å². The van der Waals surface area contributed by atoms with Crippen molar-refractivity contribution >= 4 is 12.1 Å². The Balaban J connectivity index is 1.87. The summed E-state index contributed by atoms with van der Waals surface area (Å²) in [6.07, 6.45) is 10.1. The first-order valence-corrected chi connectivity index (χ1v) is 8.13. The van der Waals surface area contributed by atoms with Crippen LogP contribution in [0, 0.1) is 4.91 Å². The summed E-state index contributed by atoms with van der Waals surface area (Å²) in [7, 11) is 0. The Morgan fingerprint density at radius 3 is 3.04 bits per heavy atom. The number of ketones is 1. The van der Waals surface area contributed by atoms with Crippen LogP contribution in [0.15, 0.2) is 53.3 Å². The molecular formula is C17H18N5O2+. The Morgan fingerprint density at radius 2 is 2.29 bits per heavy atom. The zero-order valence-corrected chi connectivity index (χ0v) is 13.4. The number of carbonyl (C=O) groups is 1. The van der Waals surface area contributed by atoms with Gasteiger partial charge in [0.25, 0.3) is 0 Å². The van der Waals surface area contributed by atoms with Crippen molar-refractivity contribution in [1.29, 1.82) is 0 Å². The van der Waals surface area contributed by atoms with Crippen molar-refractivity contribution < 1.29 is 9.55 Å². The summed E-state index contributed by atoms with van der Waals surface area (Å²) in [6, 6.07) is 2.99. The van der Waals surface area contributed by atoms with Gasteiger partial charge in [0.05, 0.1) is 5.92 Å². The van der Waals surface area contributed by atoms with E-state index in [0.29, 0.717) is 24.5 Å². The van der Waals surface area contributed by atoms with Crippen molar-refractivity contribution in [1.82, 2.24) is 15.0 Å². The number of aliphatic imine (C=N–C) groups is 1. The lowest BCUT2D eigenvalue weighted by Gasteiger charge is -2.32. The number of hydrogen-bond acceptors (Lipinski definition) is 6. The summed E-state index contributed by atoms with van der Waals surface area (Å²) in [5.41, 5.74) is 1.29. The van der Waals surface area contributed by atoms with E-state index in [4.69, 9.17) is 0 Å². The number of hydrazine groups is 1. The summed E-state index contributed by atoms with van der Waals surface area (Å²) < 4.78 is 0.852. The molecule has 2 atom stereocenters. The van der Waals surface area contributed by atoms with E-state index in [9.17, 15) is 9.70 Å². The van der Waals surface area contributed by atoms with Gasteiger partial charge in [0.15, 0.2) is 11.5 Å². The molecule has 0 N–H and O–H groups in total. The third-order valence-electron chi connectivity index (χ3n) is 4.56. The van der Waals surface area contributed by atoms with Crippen LogP contribution in [-0.2, 0) is 4.79 Å². The van der Waals surface area contributed by atoms with Crippen molar-refractivity contribution in [2.45, 2.75) is 31.7 Å². The van der Waals surface area contributed by atoms with E-state index in [2.05, 4.69) is 9.98 Å². The number of allylic oxidation sites excluding steroid dienone is 1. The zero-order valence-electron chi connectivity index (χ0n) is 13.4. The number of aromatic nitrogens is 1. The number of nitrogens with zero attached hydrogens (tertiary/aromatic N) is 5. The number of fused-ring (bicyclic) bond motifs is 2. The second kappa shape index (κ2) is 5.67. The minimum Gasteiger partial charge on any atom is -0.294 e. The van der Waals surface area contributed by atoms with E-state index in [0.717, 1.165) is 16.7 Å². The summed E-state index contributed by atoms with van der Waals surface area (Å²) in [4.78, 5) is 34.6. The Morgan fingerprint density at radius 1 is 1.42 bits per heavy atom. The largest absolute Gasteiger partial charge is 0.363 e. The molecule has 1 aromatic heterocycles. The van der Waals surface area contributed by atoms with Crippen LogP contribution in [0.5, 0.6) is 0 Å².